The normalized spacial score (nSPS) is 14.6. The molecule has 1 aliphatic rings. The van der Waals surface area contributed by atoms with E-state index in [1.165, 1.54) is 4.88 Å². The lowest BCUT2D eigenvalue weighted by molar-refractivity contribution is 0.310. The Labute approximate surface area is 134 Å². The molecule has 0 unspecified atom stereocenters. The van der Waals surface area contributed by atoms with Crippen LogP contribution in [0.15, 0.2) is 34.5 Å². The lowest BCUT2D eigenvalue weighted by atomic mass is 10.2. The quantitative estimate of drug-likeness (QED) is 0.622. The second-order valence-corrected chi connectivity index (χ2v) is 6.51. The summed E-state index contributed by atoms with van der Waals surface area (Å²) in [7, 11) is 0. The van der Waals surface area contributed by atoms with Crippen LogP contribution in [0.25, 0.3) is 33.0 Å². The number of pyridine rings is 1. The van der Waals surface area contributed by atoms with Crippen molar-refractivity contribution in [2.24, 2.45) is 0 Å². The van der Waals surface area contributed by atoms with Gasteiger partial charge in [-0.2, -0.15) is 0 Å². The zero-order valence-corrected chi connectivity index (χ0v) is 12.8. The molecule has 0 aliphatic heterocycles. The van der Waals surface area contributed by atoms with Crippen LogP contribution in [0.2, 0.25) is 0 Å². The first kappa shape index (κ1) is 12.8. The maximum atomic E-state index is 5.88. The van der Waals surface area contributed by atoms with Crippen LogP contribution in [0.1, 0.15) is 18.9 Å². The van der Waals surface area contributed by atoms with E-state index >= 15 is 0 Å². The minimum Gasteiger partial charge on any atom is -0.379 e. The molecule has 0 atom stereocenters. The molecule has 0 bridgehead atoms. The number of aromatic nitrogens is 5. The van der Waals surface area contributed by atoms with Crippen LogP contribution in [0, 0.1) is 0 Å². The highest BCUT2D eigenvalue weighted by molar-refractivity contribution is 7.13. The minimum atomic E-state index is 0.257. The summed E-state index contributed by atoms with van der Waals surface area (Å²) < 4.78 is 6.97. The molecule has 4 aromatic heterocycles. The molecule has 23 heavy (non-hydrogen) atoms. The first-order chi connectivity index (χ1) is 11.3. The number of anilines is 1. The molecule has 0 spiro atoms. The minimum absolute atomic E-state index is 0.257. The molecule has 2 N–H and O–H groups in total. The second-order valence-electron chi connectivity index (χ2n) is 5.57. The molecule has 114 valence electrons. The van der Waals surface area contributed by atoms with Gasteiger partial charge in [0, 0.05) is 22.7 Å². The van der Waals surface area contributed by atoms with Crippen molar-refractivity contribution in [3.63, 3.8) is 0 Å². The molecule has 0 radical (unpaired) electrons. The van der Waals surface area contributed by atoms with Crippen molar-refractivity contribution in [3.05, 3.63) is 29.9 Å². The van der Waals surface area contributed by atoms with E-state index in [0.29, 0.717) is 17.6 Å². The van der Waals surface area contributed by atoms with E-state index in [-0.39, 0.29) is 5.82 Å². The monoisotopic (exact) mass is 324 g/mol. The number of hydrogen-bond acceptors (Lipinski definition) is 7. The number of rotatable bonds is 3. The molecule has 0 amide bonds. The Morgan fingerprint density at radius 2 is 2.17 bits per heavy atom. The molecule has 5 rings (SSSR count). The van der Waals surface area contributed by atoms with Crippen LogP contribution in [0.5, 0.6) is 0 Å². The molecule has 7 nitrogen and oxygen atoms in total. The molecule has 4 aromatic rings. The Morgan fingerprint density at radius 1 is 1.26 bits per heavy atom. The lowest BCUT2D eigenvalue weighted by Crippen LogP contribution is -2.00. The second kappa shape index (κ2) is 4.63. The number of hydrogen-bond donors (Lipinski definition) is 1. The third-order valence-corrected chi connectivity index (χ3v) is 4.92. The molecule has 1 saturated carbocycles. The molecule has 1 aliphatic carbocycles. The summed E-state index contributed by atoms with van der Waals surface area (Å²) in [6.45, 7) is 0. The molecule has 0 aromatic carbocycles. The average molecular weight is 324 g/mol. The predicted molar refractivity (Wildman–Crippen MR) is 86.8 cm³/mol. The van der Waals surface area contributed by atoms with E-state index in [0.717, 1.165) is 29.4 Å². The van der Waals surface area contributed by atoms with Gasteiger partial charge in [0.2, 0.25) is 0 Å². The highest BCUT2D eigenvalue weighted by Crippen LogP contribution is 2.44. The molecule has 4 heterocycles. The van der Waals surface area contributed by atoms with Gasteiger partial charge in [-0.3, -0.25) is 4.98 Å². The Bertz CT molecular complexity index is 999. The Kier molecular flexibility index (Phi) is 2.57. The molecular formula is C15H12N6OS. The summed E-state index contributed by atoms with van der Waals surface area (Å²) in [5.41, 5.74) is 9.36. The third kappa shape index (κ3) is 1.88. The standard InChI is InChI=1S/C15H12N6OS/c16-14-12(19-22-20-14)15-18-10-7-17-6-9(11-2-1-5-23-11)13(10)21(15)8-3-4-8/h1-2,5-8H,3-4H2,(H2,16,20). The molecule has 8 heteroatoms. The van der Waals surface area contributed by atoms with Crippen LogP contribution < -0.4 is 5.73 Å². The third-order valence-electron chi connectivity index (χ3n) is 4.02. The summed E-state index contributed by atoms with van der Waals surface area (Å²) in [6, 6.07) is 4.54. The molecular weight excluding hydrogens is 312 g/mol. The van der Waals surface area contributed by atoms with Gasteiger partial charge in [-0.15, -0.1) is 11.3 Å². The topological polar surface area (TPSA) is 95.7 Å². The Hall–Kier alpha value is -2.74. The van der Waals surface area contributed by atoms with Gasteiger partial charge in [0.15, 0.2) is 17.3 Å². The maximum Gasteiger partial charge on any atom is 0.199 e. The van der Waals surface area contributed by atoms with Gasteiger partial charge in [0.25, 0.3) is 0 Å². The SMILES string of the molecule is Nc1nonc1-c1nc2cncc(-c3cccs3)c2n1C1CC1. The number of nitrogens with zero attached hydrogens (tertiary/aromatic N) is 5. The van der Waals surface area contributed by atoms with Gasteiger partial charge in [-0.25, -0.2) is 9.61 Å². The van der Waals surface area contributed by atoms with Crippen LogP contribution in [-0.4, -0.2) is 24.8 Å². The van der Waals surface area contributed by atoms with Crippen molar-refractivity contribution in [2.75, 3.05) is 5.73 Å². The molecule has 1 fully saturated rings. The number of thiophene rings is 1. The summed E-state index contributed by atoms with van der Waals surface area (Å²) in [5, 5.41) is 9.68. The smallest absolute Gasteiger partial charge is 0.199 e. The number of imidazole rings is 1. The van der Waals surface area contributed by atoms with Crippen LogP contribution in [0.3, 0.4) is 0 Å². The van der Waals surface area contributed by atoms with E-state index in [9.17, 15) is 0 Å². The summed E-state index contributed by atoms with van der Waals surface area (Å²) in [5.74, 6) is 0.958. The van der Waals surface area contributed by atoms with Gasteiger partial charge in [-0.1, -0.05) is 6.07 Å². The number of fused-ring (bicyclic) bond motifs is 1. The van der Waals surface area contributed by atoms with Gasteiger partial charge < -0.3 is 10.3 Å². The largest absolute Gasteiger partial charge is 0.379 e. The van der Waals surface area contributed by atoms with E-state index in [1.54, 1.807) is 17.5 Å². The summed E-state index contributed by atoms with van der Waals surface area (Å²) in [6.07, 6.45) is 5.91. The predicted octanol–water partition coefficient (Wildman–Crippen LogP) is 3.13. The van der Waals surface area contributed by atoms with Gasteiger partial charge >= 0.3 is 0 Å². The zero-order chi connectivity index (χ0) is 15.4. The highest BCUT2D eigenvalue weighted by Gasteiger charge is 2.32. The number of nitrogens with two attached hydrogens (primary N) is 1. The van der Waals surface area contributed by atoms with Crippen molar-refractivity contribution >= 4 is 28.2 Å². The highest BCUT2D eigenvalue weighted by atomic mass is 32.1. The first-order valence-electron chi connectivity index (χ1n) is 7.31. The lowest BCUT2D eigenvalue weighted by Gasteiger charge is -2.08. The fourth-order valence-corrected chi connectivity index (χ4v) is 3.61. The average Bonchev–Trinajstić information content (AvgIpc) is 2.99. The van der Waals surface area contributed by atoms with Gasteiger partial charge in [-0.05, 0) is 34.6 Å². The van der Waals surface area contributed by atoms with Gasteiger partial charge in [0.1, 0.15) is 5.52 Å². The fraction of sp³-hybridized carbons (Fsp3) is 0.200. The van der Waals surface area contributed by atoms with Crippen LogP contribution >= 0.6 is 11.3 Å². The fourth-order valence-electron chi connectivity index (χ4n) is 2.87. The summed E-state index contributed by atoms with van der Waals surface area (Å²) >= 11 is 1.69. The van der Waals surface area contributed by atoms with Crippen molar-refractivity contribution in [2.45, 2.75) is 18.9 Å². The van der Waals surface area contributed by atoms with Crippen molar-refractivity contribution in [1.82, 2.24) is 24.8 Å². The van der Waals surface area contributed by atoms with Crippen LogP contribution in [0.4, 0.5) is 5.82 Å². The van der Waals surface area contributed by atoms with E-state index < -0.39 is 0 Å². The van der Waals surface area contributed by atoms with E-state index in [4.69, 9.17) is 15.3 Å². The number of nitrogen functional groups attached to an aromatic ring is 1. The van der Waals surface area contributed by atoms with Crippen molar-refractivity contribution in [3.8, 4) is 22.0 Å². The van der Waals surface area contributed by atoms with E-state index in [1.807, 2.05) is 12.3 Å². The van der Waals surface area contributed by atoms with Crippen LogP contribution in [-0.2, 0) is 0 Å². The Morgan fingerprint density at radius 3 is 2.87 bits per heavy atom. The van der Waals surface area contributed by atoms with Gasteiger partial charge in [0.05, 0.1) is 11.7 Å². The Balaban J connectivity index is 1.86. The van der Waals surface area contributed by atoms with Crippen molar-refractivity contribution < 1.29 is 4.63 Å². The summed E-state index contributed by atoms with van der Waals surface area (Å²) in [4.78, 5) is 10.2. The maximum absolute atomic E-state index is 5.88. The van der Waals surface area contributed by atoms with Crippen molar-refractivity contribution in [1.29, 1.82) is 0 Å². The zero-order valence-electron chi connectivity index (χ0n) is 12.0. The van der Waals surface area contributed by atoms with E-state index in [2.05, 4.69) is 31.3 Å². The first-order valence-corrected chi connectivity index (χ1v) is 8.19. The molecule has 0 saturated heterocycles.